The minimum Gasteiger partial charge on any atom is -1.00 e. The van der Waals surface area contributed by atoms with E-state index in [9.17, 15) is 53.9 Å². The average Bonchev–Trinajstić information content (AvgIpc) is 3.71. The van der Waals surface area contributed by atoms with E-state index in [1.807, 2.05) is 67.8 Å². The molecule has 6 aliphatic heterocycles. The molecule has 0 N–H and O–H groups in total. The van der Waals surface area contributed by atoms with E-state index in [0.717, 1.165) is 0 Å². The monoisotopic (exact) mass is 1470 g/mol. The van der Waals surface area contributed by atoms with Crippen molar-refractivity contribution in [3.63, 3.8) is 0 Å². The van der Waals surface area contributed by atoms with E-state index < -0.39 is 72.6 Å². The minimum atomic E-state index is -4.45. The second-order valence-corrected chi connectivity index (χ2v) is 15.8. The number of fused-ring (bicyclic) bond motifs is 3. The molecule has 0 bridgehead atoms. The van der Waals surface area contributed by atoms with Gasteiger partial charge in [0.2, 0.25) is 0 Å². The Balaban J connectivity index is 0.000000372. The standard InChI is InChI=1S/3C8H7F3IN2OS.3HI/c3*9-8(10,11)5-1-6(15)13-7-14(5)4(2-12)3-16-7;;;/h3*4H,1-3H2;3*1H/q3*+1;;;/p-3. The van der Waals surface area contributed by atoms with Crippen LogP contribution in [0.25, 0.3) is 0 Å². The lowest BCUT2D eigenvalue weighted by Crippen LogP contribution is -3.00. The van der Waals surface area contributed by atoms with Crippen LogP contribution in [0.15, 0.2) is 15.0 Å². The number of carbonyl (C=O) groups is 3. The van der Waals surface area contributed by atoms with Gasteiger partial charge in [-0.2, -0.15) is 39.5 Å². The summed E-state index contributed by atoms with van der Waals surface area (Å²) in [6.07, 6.45) is -15.3. The van der Waals surface area contributed by atoms with Gasteiger partial charge in [0, 0.05) is 45.5 Å². The van der Waals surface area contributed by atoms with Gasteiger partial charge in [0.05, 0.1) is 0 Å². The highest BCUT2D eigenvalue weighted by Gasteiger charge is 2.53. The van der Waals surface area contributed by atoms with Crippen molar-refractivity contribution >= 4 is 153 Å². The summed E-state index contributed by atoms with van der Waals surface area (Å²) >= 11 is 9.78. The fourth-order valence-corrected chi connectivity index (χ4v) is 11.8. The summed E-state index contributed by atoms with van der Waals surface area (Å²) in [5.74, 6) is -0.474. The summed E-state index contributed by atoms with van der Waals surface area (Å²) in [5, 5.41) is 0.598. The molecule has 3 amide bonds. The van der Waals surface area contributed by atoms with Crippen LogP contribution < -0.4 is 71.9 Å². The highest BCUT2D eigenvalue weighted by molar-refractivity contribution is 14.1. The van der Waals surface area contributed by atoms with E-state index in [0.29, 0.717) is 30.5 Å². The molecule has 9 nitrogen and oxygen atoms in total. The molecular formula is C24H21F9I6N6O3S3. The smallest absolute Gasteiger partial charge is 0.449 e. The Morgan fingerprint density at radius 1 is 0.510 bits per heavy atom. The molecule has 0 aliphatic carbocycles. The Morgan fingerprint density at radius 3 is 0.902 bits per heavy atom. The highest BCUT2D eigenvalue weighted by atomic mass is 127. The van der Waals surface area contributed by atoms with Crippen molar-refractivity contribution in [1.29, 1.82) is 0 Å². The number of amides is 3. The highest BCUT2D eigenvalue weighted by Crippen LogP contribution is 2.33. The lowest BCUT2D eigenvalue weighted by molar-refractivity contribution is -0.442. The molecule has 3 unspecified atom stereocenters. The molecule has 3 fully saturated rings. The van der Waals surface area contributed by atoms with E-state index >= 15 is 0 Å². The molecule has 0 spiro atoms. The second kappa shape index (κ2) is 21.0. The van der Waals surface area contributed by atoms with E-state index in [-0.39, 0.29) is 106 Å². The number of hydrogen-bond donors (Lipinski definition) is 0. The number of thioether (sulfide) groups is 3. The van der Waals surface area contributed by atoms with Gasteiger partial charge in [0.1, 0.15) is 37.4 Å². The van der Waals surface area contributed by atoms with Crippen molar-refractivity contribution in [3.8, 4) is 0 Å². The molecule has 6 rings (SSSR count). The summed E-state index contributed by atoms with van der Waals surface area (Å²) < 4.78 is 120. The molecule has 51 heavy (non-hydrogen) atoms. The summed E-state index contributed by atoms with van der Waals surface area (Å²) in [6, 6.07) is -0.641. The van der Waals surface area contributed by atoms with E-state index in [4.69, 9.17) is 0 Å². The molecule has 0 aromatic rings. The van der Waals surface area contributed by atoms with Crippen molar-refractivity contribution in [1.82, 2.24) is 0 Å². The average molecular weight is 1470 g/mol. The Labute approximate surface area is 389 Å². The fraction of sp³-hybridized carbons (Fsp3) is 0.625. The van der Waals surface area contributed by atoms with Crippen LogP contribution in [0, 0.1) is 0 Å². The van der Waals surface area contributed by atoms with Gasteiger partial charge in [-0.3, -0.25) is 0 Å². The molecule has 288 valence electrons. The first-order chi connectivity index (χ1) is 22.3. The van der Waals surface area contributed by atoms with Gasteiger partial charge in [-0.15, -0.1) is 0 Å². The van der Waals surface area contributed by atoms with Crippen molar-refractivity contribution in [2.75, 3.05) is 30.5 Å². The van der Waals surface area contributed by atoms with Crippen LogP contribution in [0.3, 0.4) is 0 Å². The van der Waals surface area contributed by atoms with Crippen LogP contribution in [0.1, 0.15) is 19.3 Å². The van der Waals surface area contributed by atoms with E-state index in [2.05, 4.69) is 15.0 Å². The first-order valence-corrected chi connectivity index (χ1v) is 20.9. The SMILES string of the molecule is O=C1CC(C(F)(F)F)=[N+]2C(=N1)SCC2CI.O=C1CC(C(F)(F)F)=[N+]2C(=N1)SCC2CI.O=C1CC(C(F)(F)F)=[N+]2C(=N1)SCC2CI.[I-].[I-].[I-]. The first-order valence-electron chi connectivity index (χ1n) is 13.4. The molecule has 0 radical (unpaired) electrons. The first kappa shape index (κ1) is 50.8. The van der Waals surface area contributed by atoms with Crippen molar-refractivity contribution < 1.29 is 140 Å². The number of aliphatic imine (C=N–C) groups is 3. The van der Waals surface area contributed by atoms with Crippen LogP contribution in [0.5, 0.6) is 0 Å². The van der Waals surface area contributed by atoms with E-state index in [1.54, 1.807) is 0 Å². The van der Waals surface area contributed by atoms with Gasteiger partial charge in [0.15, 0.2) is 17.1 Å². The predicted molar refractivity (Wildman–Crippen MR) is 191 cm³/mol. The number of alkyl halides is 12. The molecule has 27 heteroatoms. The summed E-state index contributed by atoms with van der Waals surface area (Å²) in [6.45, 7) is 0. The number of hydrogen-bond acceptors (Lipinski definition) is 6. The van der Waals surface area contributed by atoms with E-state index in [1.165, 1.54) is 49.0 Å². The third-order valence-electron chi connectivity index (χ3n) is 6.93. The zero-order valence-electron chi connectivity index (χ0n) is 24.9. The maximum Gasteiger partial charge on any atom is 0.449 e. The zero-order chi connectivity index (χ0) is 35.8. The van der Waals surface area contributed by atoms with Crippen molar-refractivity contribution in [2.24, 2.45) is 15.0 Å². The van der Waals surface area contributed by atoms with Crippen molar-refractivity contribution in [2.45, 2.75) is 55.9 Å². The number of nitrogens with zero attached hydrogens (tertiary/aromatic N) is 6. The summed E-state index contributed by atoms with van der Waals surface area (Å²) in [5.41, 5.74) is -2.31. The summed E-state index contributed by atoms with van der Waals surface area (Å²) in [7, 11) is 0. The quantitative estimate of drug-likeness (QED) is 0.126. The third kappa shape index (κ3) is 12.7. The molecular weight excluding hydrogens is 1450 g/mol. The lowest BCUT2D eigenvalue weighted by atomic mass is 10.2. The van der Waals surface area contributed by atoms with Gasteiger partial charge in [-0.05, 0) is 35.3 Å². The molecule has 3 atom stereocenters. The van der Waals surface area contributed by atoms with Crippen LogP contribution in [-0.4, -0.2) is 131 Å². The number of amidine groups is 3. The van der Waals surface area contributed by atoms with Gasteiger partial charge in [0.25, 0.3) is 0 Å². The molecule has 0 saturated carbocycles. The number of carbonyl (C=O) groups excluding carboxylic acids is 3. The lowest BCUT2D eigenvalue weighted by Gasteiger charge is -2.15. The van der Waals surface area contributed by atoms with Gasteiger partial charge in [-0.25, -0.2) is 28.1 Å². The topological polar surface area (TPSA) is 97.3 Å². The van der Waals surface area contributed by atoms with Gasteiger partial charge >= 0.3 is 51.8 Å². The number of halogens is 15. The third-order valence-corrected chi connectivity index (χ3v) is 13.3. The Morgan fingerprint density at radius 2 is 0.725 bits per heavy atom. The molecule has 3 saturated heterocycles. The Kier molecular flexibility index (Phi) is 21.0. The zero-order valence-corrected chi connectivity index (χ0v) is 40.3. The van der Waals surface area contributed by atoms with Crippen LogP contribution in [0.4, 0.5) is 39.5 Å². The Hall–Kier alpha value is 1.83. The minimum absolute atomic E-state index is 0. The summed E-state index contributed by atoms with van der Waals surface area (Å²) in [4.78, 5) is 44.3. The van der Waals surface area contributed by atoms with Gasteiger partial charge in [-0.1, -0.05) is 67.8 Å². The second-order valence-electron chi connectivity index (χ2n) is 10.2. The molecule has 6 aliphatic rings. The normalized spacial score (nSPS) is 24.4. The van der Waals surface area contributed by atoms with Crippen LogP contribution in [-0.2, 0) is 14.4 Å². The maximum absolute atomic E-state index is 12.8. The molecule has 0 aromatic heterocycles. The van der Waals surface area contributed by atoms with Gasteiger partial charge < -0.3 is 71.9 Å². The molecule has 0 aromatic carbocycles. The maximum atomic E-state index is 12.8. The van der Waals surface area contributed by atoms with Crippen molar-refractivity contribution in [3.05, 3.63) is 0 Å². The molecule has 6 heterocycles. The fourth-order valence-electron chi connectivity index (χ4n) is 4.85. The van der Waals surface area contributed by atoms with Crippen LogP contribution >= 0.6 is 103 Å². The number of rotatable bonds is 3. The predicted octanol–water partition coefficient (Wildman–Crippen LogP) is -3.47. The van der Waals surface area contributed by atoms with Crippen LogP contribution in [0.2, 0.25) is 0 Å². The largest absolute Gasteiger partial charge is 1.00 e. The Bertz CT molecular complexity index is 1400.